The summed E-state index contributed by atoms with van der Waals surface area (Å²) in [5, 5.41) is 8.94. The standard InChI is InChI=1S/C9H9ClN2O/c1-6-8(5-13-2)3-7(4-11)9(10)12-6/h3H,5H2,1-2H3. The molecule has 4 heteroatoms. The van der Waals surface area contributed by atoms with E-state index in [0.29, 0.717) is 12.2 Å². The fraction of sp³-hybridized carbons (Fsp3) is 0.333. The number of nitrogens with zero attached hydrogens (tertiary/aromatic N) is 2. The molecular weight excluding hydrogens is 188 g/mol. The predicted molar refractivity (Wildman–Crippen MR) is 49.4 cm³/mol. The molecule has 0 fully saturated rings. The lowest BCUT2D eigenvalue weighted by atomic mass is 10.1. The Morgan fingerprint density at radius 1 is 1.69 bits per heavy atom. The smallest absolute Gasteiger partial charge is 0.147 e. The number of halogens is 1. The molecule has 0 aromatic carbocycles. The van der Waals surface area contributed by atoms with Crippen molar-refractivity contribution in [2.45, 2.75) is 13.5 Å². The Hall–Kier alpha value is -1.11. The molecule has 3 nitrogen and oxygen atoms in total. The van der Waals surface area contributed by atoms with Crippen molar-refractivity contribution in [2.75, 3.05) is 7.11 Å². The molecule has 0 spiro atoms. The van der Waals surface area contributed by atoms with E-state index in [1.54, 1.807) is 13.2 Å². The van der Waals surface area contributed by atoms with E-state index in [1.807, 2.05) is 13.0 Å². The van der Waals surface area contributed by atoms with Gasteiger partial charge in [0.2, 0.25) is 0 Å². The van der Waals surface area contributed by atoms with Gasteiger partial charge in [-0.2, -0.15) is 5.26 Å². The molecule has 1 rings (SSSR count). The number of aryl methyl sites for hydroxylation is 1. The van der Waals surface area contributed by atoms with Crippen LogP contribution in [0, 0.1) is 18.3 Å². The van der Waals surface area contributed by atoms with Gasteiger partial charge < -0.3 is 4.74 Å². The number of nitriles is 1. The summed E-state index contributed by atoms with van der Waals surface area (Å²) in [6.07, 6.45) is 0. The quantitative estimate of drug-likeness (QED) is 0.681. The van der Waals surface area contributed by atoms with Gasteiger partial charge in [0.25, 0.3) is 0 Å². The van der Waals surface area contributed by atoms with Crippen LogP contribution in [0.4, 0.5) is 0 Å². The second-order valence-electron chi connectivity index (χ2n) is 2.62. The maximum absolute atomic E-state index is 8.69. The highest BCUT2D eigenvalue weighted by molar-refractivity contribution is 6.30. The van der Waals surface area contributed by atoms with E-state index < -0.39 is 0 Å². The molecule has 1 aromatic heterocycles. The van der Waals surface area contributed by atoms with Gasteiger partial charge in [-0.25, -0.2) is 4.98 Å². The number of aromatic nitrogens is 1. The highest BCUT2D eigenvalue weighted by Crippen LogP contribution is 2.17. The lowest BCUT2D eigenvalue weighted by molar-refractivity contribution is 0.184. The third-order valence-corrected chi connectivity index (χ3v) is 1.98. The van der Waals surface area contributed by atoms with E-state index >= 15 is 0 Å². The summed E-state index contributed by atoms with van der Waals surface area (Å²) in [4.78, 5) is 4.03. The van der Waals surface area contributed by atoms with Crippen LogP contribution in [-0.4, -0.2) is 12.1 Å². The molecule has 0 saturated carbocycles. The molecule has 0 amide bonds. The van der Waals surface area contributed by atoms with Crippen LogP contribution in [0.15, 0.2) is 6.07 Å². The van der Waals surface area contributed by atoms with Gasteiger partial charge in [-0.1, -0.05) is 11.6 Å². The number of hydrogen-bond donors (Lipinski definition) is 0. The van der Waals surface area contributed by atoms with Crippen molar-refractivity contribution >= 4 is 11.6 Å². The summed E-state index contributed by atoms with van der Waals surface area (Å²) in [6, 6.07) is 3.67. The minimum Gasteiger partial charge on any atom is -0.380 e. The average Bonchev–Trinajstić information content (AvgIpc) is 2.10. The Morgan fingerprint density at radius 3 is 2.92 bits per heavy atom. The Kier molecular flexibility index (Phi) is 3.24. The molecule has 68 valence electrons. The number of rotatable bonds is 2. The summed E-state index contributed by atoms with van der Waals surface area (Å²) < 4.78 is 4.96. The van der Waals surface area contributed by atoms with Crippen LogP contribution in [0.5, 0.6) is 0 Å². The molecule has 0 aliphatic rings. The Morgan fingerprint density at radius 2 is 2.38 bits per heavy atom. The first-order valence-corrected chi connectivity index (χ1v) is 4.12. The lowest BCUT2D eigenvalue weighted by Crippen LogP contribution is -1.97. The van der Waals surface area contributed by atoms with Crippen LogP contribution >= 0.6 is 11.6 Å². The number of methoxy groups -OCH3 is 1. The highest BCUT2D eigenvalue weighted by atomic mass is 35.5. The van der Waals surface area contributed by atoms with Gasteiger partial charge in [0.15, 0.2) is 0 Å². The van der Waals surface area contributed by atoms with Crippen LogP contribution < -0.4 is 0 Å². The predicted octanol–water partition coefficient (Wildman–Crippen LogP) is 2.06. The molecule has 1 aromatic rings. The third-order valence-electron chi connectivity index (χ3n) is 1.69. The lowest BCUT2D eigenvalue weighted by Gasteiger charge is -2.04. The summed E-state index contributed by atoms with van der Waals surface area (Å²) in [7, 11) is 1.60. The second-order valence-corrected chi connectivity index (χ2v) is 2.97. The molecule has 0 saturated heterocycles. The molecule has 0 N–H and O–H groups in total. The molecular formula is C9H9ClN2O. The molecule has 0 unspecified atom stereocenters. The van der Waals surface area contributed by atoms with Gasteiger partial charge in [-0.3, -0.25) is 0 Å². The van der Waals surface area contributed by atoms with Gasteiger partial charge in [0.05, 0.1) is 12.2 Å². The van der Waals surface area contributed by atoms with E-state index in [1.165, 1.54) is 0 Å². The van der Waals surface area contributed by atoms with E-state index in [4.69, 9.17) is 21.6 Å². The van der Waals surface area contributed by atoms with E-state index in [0.717, 1.165) is 11.3 Å². The molecule has 0 radical (unpaired) electrons. The van der Waals surface area contributed by atoms with E-state index in [2.05, 4.69) is 4.98 Å². The Bertz CT molecular complexity index is 357. The van der Waals surface area contributed by atoms with Crippen molar-refractivity contribution in [3.05, 3.63) is 28.0 Å². The zero-order valence-electron chi connectivity index (χ0n) is 7.47. The van der Waals surface area contributed by atoms with Crippen molar-refractivity contribution < 1.29 is 4.74 Å². The first-order chi connectivity index (χ1) is 6.19. The maximum Gasteiger partial charge on any atom is 0.147 e. The summed E-state index contributed by atoms with van der Waals surface area (Å²) in [5.41, 5.74) is 2.08. The van der Waals surface area contributed by atoms with Crippen molar-refractivity contribution in [2.24, 2.45) is 0 Å². The highest BCUT2D eigenvalue weighted by Gasteiger charge is 2.06. The Balaban J connectivity index is 3.16. The van der Waals surface area contributed by atoms with Crippen LogP contribution in [0.2, 0.25) is 5.15 Å². The molecule has 1 heterocycles. The van der Waals surface area contributed by atoms with Crippen LogP contribution in [0.25, 0.3) is 0 Å². The average molecular weight is 197 g/mol. The summed E-state index contributed by atoms with van der Waals surface area (Å²) in [5.74, 6) is 0. The van der Waals surface area contributed by atoms with Crippen molar-refractivity contribution in [1.29, 1.82) is 5.26 Å². The molecule has 0 bridgehead atoms. The molecule has 13 heavy (non-hydrogen) atoms. The zero-order chi connectivity index (χ0) is 9.84. The van der Waals surface area contributed by atoms with Crippen molar-refractivity contribution in [1.82, 2.24) is 4.98 Å². The number of ether oxygens (including phenoxy) is 1. The monoisotopic (exact) mass is 196 g/mol. The molecule has 0 atom stereocenters. The van der Waals surface area contributed by atoms with Gasteiger partial charge in [-0.05, 0) is 13.0 Å². The minimum atomic E-state index is 0.250. The zero-order valence-corrected chi connectivity index (χ0v) is 8.22. The SMILES string of the molecule is COCc1cc(C#N)c(Cl)nc1C. The van der Waals surface area contributed by atoms with Crippen molar-refractivity contribution in [3.63, 3.8) is 0 Å². The summed E-state index contributed by atoms with van der Waals surface area (Å²) >= 11 is 5.73. The van der Waals surface area contributed by atoms with Gasteiger partial charge in [0, 0.05) is 18.4 Å². The number of hydrogen-bond acceptors (Lipinski definition) is 3. The van der Waals surface area contributed by atoms with E-state index in [9.17, 15) is 0 Å². The second kappa shape index (κ2) is 4.22. The first kappa shape index (κ1) is 9.97. The van der Waals surface area contributed by atoms with Crippen LogP contribution in [-0.2, 0) is 11.3 Å². The van der Waals surface area contributed by atoms with Crippen LogP contribution in [0.1, 0.15) is 16.8 Å². The van der Waals surface area contributed by atoms with Crippen LogP contribution in [0.3, 0.4) is 0 Å². The summed E-state index contributed by atoms with van der Waals surface area (Å²) in [6.45, 7) is 2.28. The van der Waals surface area contributed by atoms with E-state index in [-0.39, 0.29) is 5.15 Å². The fourth-order valence-electron chi connectivity index (χ4n) is 0.998. The van der Waals surface area contributed by atoms with Gasteiger partial charge in [-0.15, -0.1) is 0 Å². The number of pyridine rings is 1. The van der Waals surface area contributed by atoms with Crippen molar-refractivity contribution in [3.8, 4) is 6.07 Å². The fourth-order valence-corrected chi connectivity index (χ4v) is 1.22. The first-order valence-electron chi connectivity index (χ1n) is 3.74. The van der Waals surface area contributed by atoms with Gasteiger partial charge in [0.1, 0.15) is 11.2 Å². The normalized spacial score (nSPS) is 9.69. The Labute approximate surface area is 81.9 Å². The largest absolute Gasteiger partial charge is 0.380 e. The molecule has 0 aliphatic carbocycles. The maximum atomic E-state index is 8.69. The minimum absolute atomic E-state index is 0.250. The topological polar surface area (TPSA) is 45.9 Å². The third kappa shape index (κ3) is 2.18. The molecule has 0 aliphatic heterocycles. The van der Waals surface area contributed by atoms with Gasteiger partial charge >= 0.3 is 0 Å².